The monoisotopic (exact) mass is 451 g/mol. The summed E-state index contributed by atoms with van der Waals surface area (Å²) in [6, 6.07) is 6.18. The van der Waals surface area contributed by atoms with Crippen molar-refractivity contribution in [3.8, 4) is 0 Å². The maximum absolute atomic E-state index is 13.5. The van der Waals surface area contributed by atoms with E-state index in [2.05, 4.69) is 52.1 Å². The highest BCUT2D eigenvalue weighted by molar-refractivity contribution is 7.18. The Hall–Kier alpha value is -2.47. The number of nitrogens with one attached hydrogen (secondary N) is 1. The summed E-state index contributed by atoms with van der Waals surface area (Å²) in [4.78, 5) is 33.4. The number of amides is 1. The minimum absolute atomic E-state index is 0.0292. The number of carbonyl (C=O) groups is 1. The smallest absolute Gasteiger partial charge is 0.263 e. The van der Waals surface area contributed by atoms with Crippen LogP contribution >= 0.6 is 11.3 Å². The molecule has 1 aliphatic rings. The highest BCUT2D eigenvalue weighted by Crippen LogP contribution is 2.36. The minimum atomic E-state index is -0.191. The standard InChI is InChI=1S/C26H33N3O2S/c1-14(2)18-8-7-9-19(15(3)4)24(18)28-22(30)13-29-17(6)27-25-23(26(29)31)20-11-10-16(5)12-21(20)32-25/h7-9,14-16H,10-13H2,1-6H3,(H,28,30). The second-order valence-corrected chi connectivity index (χ2v) is 10.8. The van der Waals surface area contributed by atoms with Crippen LogP contribution in [0.4, 0.5) is 5.69 Å². The summed E-state index contributed by atoms with van der Waals surface area (Å²) < 4.78 is 1.54. The molecule has 4 rings (SSSR count). The molecule has 0 saturated carbocycles. The van der Waals surface area contributed by atoms with E-state index in [0.29, 0.717) is 11.7 Å². The van der Waals surface area contributed by atoms with E-state index in [1.807, 2.05) is 13.0 Å². The third-order valence-electron chi connectivity index (χ3n) is 6.55. The van der Waals surface area contributed by atoms with Gasteiger partial charge in [-0.15, -0.1) is 11.3 Å². The molecule has 0 saturated heterocycles. The molecule has 170 valence electrons. The first-order chi connectivity index (χ1) is 15.2. The molecule has 2 aromatic heterocycles. The number of hydrogen-bond donors (Lipinski definition) is 1. The minimum Gasteiger partial charge on any atom is -0.324 e. The molecule has 2 heterocycles. The molecule has 0 radical (unpaired) electrons. The molecule has 1 atom stereocenters. The van der Waals surface area contributed by atoms with Crippen molar-refractivity contribution in [2.45, 2.75) is 79.2 Å². The van der Waals surface area contributed by atoms with Crippen molar-refractivity contribution in [2.75, 3.05) is 5.32 Å². The summed E-state index contributed by atoms with van der Waals surface area (Å²) in [6.45, 7) is 12.6. The van der Waals surface area contributed by atoms with Crippen LogP contribution in [0.15, 0.2) is 23.0 Å². The molecule has 32 heavy (non-hydrogen) atoms. The van der Waals surface area contributed by atoms with Gasteiger partial charge in [0.05, 0.1) is 5.39 Å². The van der Waals surface area contributed by atoms with E-state index in [0.717, 1.165) is 51.9 Å². The van der Waals surface area contributed by atoms with Gasteiger partial charge in [0.15, 0.2) is 0 Å². The van der Waals surface area contributed by atoms with Gasteiger partial charge in [0.25, 0.3) is 5.56 Å². The van der Waals surface area contributed by atoms with Gasteiger partial charge in [-0.05, 0) is 60.6 Å². The van der Waals surface area contributed by atoms with Crippen LogP contribution in [-0.2, 0) is 24.2 Å². The zero-order valence-corrected chi connectivity index (χ0v) is 20.7. The Balaban J connectivity index is 1.69. The van der Waals surface area contributed by atoms with Gasteiger partial charge < -0.3 is 5.32 Å². The van der Waals surface area contributed by atoms with Gasteiger partial charge >= 0.3 is 0 Å². The van der Waals surface area contributed by atoms with E-state index in [-0.39, 0.29) is 29.8 Å². The quantitative estimate of drug-likeness (QED) is 0.535. The number of aromatic nitrogens is 2. The normalized spacial score (nSPS) is 16.1. The second-order valence-electron chi connectivity index (χ2n) is 9.75. The Morgan fingerprint density at radius 2 is 1.88 bits per heavy atom. The molecule has 1 amide bonds. The molecule has 1 aromatic carbocycles. The lowest BCUT2D eigenvalue weighted by Gasteiger charge is -2.20. The fourth-order valence-electron chi connectivity index (χ4n) is 4.73. The Morgan fingerprint density at radius 1 is 1.22 bits per heavy atom. The van der Waals surface area contributed by atoms with Gasteiger partial charge in [-0.25, -0.2) is 4.98 Å². The molecule has 3 aromatic rings. The number of carbonyl (C=O) groups excluding carboxylic acids is 1. The average molecular weight is 452 g/mol. The van der Waals surface area contributed by atoms with Crippen molar-refractivity contribution in [3.05, 3.63) is 55.9 Å². The Kier molecular flexibility index (Phi) is 6.26. The topological polar surface area (TPSA) is 64.0 Å². The van der Waals surface area contributed by atoms with Gasteiger partial charge in [0, 0.05) is 10.6 Å². The first-order valence-electron chi connectivity index (χ1n) is 11.6. The molecule has 0 aliphatic heterocycles. The van der Waals surface area contributed by atoms with E-state index >= 15 is 0 Å². The van der Waals surface area contributed by atoms with E-state index in [9.17, 15) is 9.59 Å². The highest BCUT2D eigenvalue weighted by Gasteiger charge is 2.25. The van der Waals surface area contributed by atoms with Crippen molar-refractivity contribution in [1.29, 1.82) is 0 Å². The number of nitrogens with zero attached hydrogens (tertiary/aromatic N) is 2. The Bertz CT molecular complexity index is 1210. The molecule has 1 N–H and O–H groups in total. The van der Waals surface area contributed by atoms with Crippen molar-refractivity contribution < 1.29 is 4.79 Å². The fourth-order valence-corrected chi connectivity index (χ4v) is 6.15. The lowest BCUT2D eigenvalue weighted by Crippen LogP contribution is -2.31. The lowest BCUT2D eigenvalue weighted by atomic mass is 9.89. The van der Waals surface area contributed by atoms with E-state index in [1.165, 1.54) is 9.44 Å². The van der Waals surface area contributed by atoms with Crippen LogP contribution in [0.1, 0.15) is 80.3 Å². The lowest BCUT2D eigenvalue weighted by molar-refractivity contribution is -0.116. The van der Waals surface area contributed by atoms with Crippen LogP contribution in [0.2, 0.25) is 0 Å². The number of benzene rings is 1. The number of anilines is 1. The van der Waals surface area contributed by atoms with E-state index < -0.39 is 0 Å². The van der Waals surface area contributed by atoms with E-state index in [1.54, 1.807) is 11.3 Å². The van der Waals surface area contributed by atoms with Crippen molar-refractivity contribution in [2.24, 2.45) is 5.92 Å². The molecule has 1 unspecified atom stereocenters. The number of aryl methyl sites for hydroxylation is 2. The number of fused-ring (bicyclic) bond motifs is 3. The van der Waals surface area contributed by atoms with E-state index in [4.69, 9.17) is 4.98 Å². The maximum atomic E-state index is 13.5. The van der Waals surface area contributed by atoms with Crippen LogP contribution in [0, 0.1) is 12.8 Å². The summed E-state index contributed by atoms with van der Waals surface area (Å²) in [7, 11) is 0. The fraction of sp³-hybridized carbons (Fsp3) is 0.500. The highest BCUT2D eigenvalue weighted by atomic mass is 32.1. The Morgan fingerprint density at radius 3 is 2.50 bits per heavy atom. The second kappa shape index (κ2) is 8.81. The third-order valence-corrected chi connectivity index (χ3v) is 7.69. The summed E-state index contributed by atoms with van der Waals surface area (Å²) in [5, 5.41) is 3.85. The zero-order chi connectivity index (χ0) is 23.2. The molecule has 0 fully saturated rings. The number of hydrogen-bond acceptors (Lipinski definition) is 4. The largest absolute Gasteiger partial charge is 0.324 e. The predicted molar refractivity (Wildman–Crippen MR) is 133 cm³/mol. The van der Waals surface area contributed by atoms with Crippen LogP contribution in [0.3, 0.4) is 0 Å². The van der Waals surface area contributed by atoms with Crippen molar-refractivity contribution in [3.63, 3.8) is 0 Å². The van der Waals surface area contributed by atoms with Crippen LogP contribution < -0.4 is 10.9 Å². The average Bonchev–Trinajstić information content (AvgIpc) is 3.07. The zero-order valence-electron chi connectivity index (χ0n) is 19.9. The summed E-state index contributed by atoms with van der Waals surface area (Å²) in [5.74, 6) is 1.60. The summed E-state index contributed by atoms with van der Waals surface area (Å²) in [6.07, 6.45) is 3.03. The number of para-hydroxylation sites is 1. The van der Waals surface area contributed by atoms with Crippen molar-refractivity contribution >= 4 is 33.1 Å². The number of thiophene rings is 1. The Labute approximate surface area is 193 Å². The first-order valence-corrected chi connectivity index (χ1v) is 12.4. The molecule has 0 spiro atoms. The van der Waals surface area contributed by atoms with Crippen molar-refractivity contribution in [1.82, 2.24) is 9.55 Å². The van der Waals surface area contributed by atoms with Gasteiger partial charge in [-0.2, -0.15) is 0 Å². The molecule has 5 nitrogen and oxygen atoms in total. The number of rotatable bonds is 5. The molecule has 6 heteroatoms. The third kappa shape index (κ3) is 4.13. The van der Waals surface area contributed by atoms with Crippen LogP contribution in [0.25, 0.3) is 10.2 Å². The van der Waals surface area contributed by atoms with Gasteiger partial charge in [0.1, 0.15) is 17.2 Å². The molecular weight excluding hydrogens is 418 g/mol. The SMILES string of the molecule is Cc1nc2sc3c(c2c(=O)n1CC(=O)Nc1c(C(C)C)cccc1C(C)C)CCC(C)C3. The predicted octanol–water partition coefficient (Wildman–Crippen LogP) is 5.78. The van der Waals surface area contributed by atoms with Gasteiger partial charge in [-0.1, -0.05) is 52.8 Å². The van der Waals surface area contributed by atoms with Crippen LogP contribution in [0.5, 0.6) is 0 Å². The molecule has 1 aliphatic carbocycles. The summed E-state index contributed by atoms with van der Waals surface area (Å²) in [5.41, 5.74) is 4.17. The molecular formula is C26H33N3O2S. The van der Waals surface area contributed by atoms with Crippen LogP contribution in [-0.4, -0.2) is 15.5 Å². The maximum Gasteiger partial charge on any atom is 0.263 e. The first kappa shape index (κ1) is 22.7. The van der Waals surface area contributed by atoms with Gasteiger partial charge in [0.2, 0.25) is 5.91 Å². The molecule has 0 bridgehead atoms. The van der Waals surface area contributed by atoms with Gasteiger partial charge in [-0.3, -0.25) is 14.2 Å². The summed E-state index contributed by atoms with van der Waals surface area (Å²) >= 11 is 1.65.